The van der Waals surface area contributed by atoms with Gasteiger partial charge in [-0.3, -0.25) is 0 Å². The number of benzene rings is 2. The highest BCUT2D eigenvalue weighted by Crippen LogP contribution is 2.12. The van der Waals surface area contributed by atoms with E-state index in [0.29, 0.717) is 16.9 Å². The first-order valence-corrected chi connectivity index (χ1v) is 6.28. The van der Waals surface area contributed by atoms with Crippen molar-refractivity contribution in [3.8, 4) is 17.6 Å². The molecule has 2 rings (SSSR count). The Bertz CT molecular complexity index is 641. The minimum atomic E-state index is -0.474. The smallest absolute Gasteiger partial charge is 0.338 e. The van der Waals surface area contributed by atoms with Crippen LogP contribution >= 0.6 is 0 Å². The number of phenolic OH excluding ortho intramolecular Hbond substituents is 1. The molecular weight excluding hydrogens is 270 g/mol. The molecule has 0 aromatic heterocycles. The van der Waals surface area contributed by atoms with Crippen LogP contribution in [-0.2, 0) is 4.74 Å². The Morgan fingerprint density at radius 1 is 1.05 bits per heavy atom. The predicted molar refractivity (Wildman–Crippen MR) is 75.0 cm³/mol. The first-order chi connectivity index (χ1) is 10.2. The maximum Gasteiger partial charge on any atom is 0.338 e. The van der Waals surface area contributed by atoms with E-state index in [9.17, 15) is 4.79 Å². The maximum atomic E-state index is 11.7. The molecule has 0 spiro atoms. The first-order valence-electron chi connectivity index (χ1n) is 6.28. The molecule has 0 aliphatic heterocycles. The second kappa shape index (κ2) is 6.96. The Morgan fingerprint density at radius 3 is 2.33 bits per heavy atom. The molecule has 106 valence electrons. The lowest BCUT2D eigenvalue weighted by Gasteiger charge is -2.07. The first kappa shape index (κ1) is 14.4. The van der Waals surface area contributed by atoms with E-state index < -0.39 is 5.97 Å². The minimum absolute atomic E-state index is 0.0932. The zero-order chi connectivity index (χ0) is 15.1. The van der Waals surface area contributed by atoms with Gasteiger partial charge in [-0.15, -0.1) is 0 Å². The van der Waals surface area contributed by atoms with Crippen LogP contribution in [0.3, 0.4) is 0 Å². The number of carbonyl (C=O) groups excluding carboxylic acids is 1. The van der Waals surface area contributed by atoms with Gasteiger partial charge in [-0.25, -0.2) is 4.79 Å². The summed E-state index contributed by atoms with van der Waals surface area (Å²) in [5.41, 5.74) is 0.923. The lowest BCUT2D eigenvalue weighted by Crippen LogP contribution is -2.12. The lowest BCUT2D eigenvalue weighted by molar-refractivity contribution is 0.0450. The summed E-state index contributed by atoms with van der Waals surface area (Å²) in [5, 5.41) is 17.8. The van der Waals surface area contributed by atoms with Crippen molar-refractivity contribution in [1.82, 2.24) is 0 Å². The van der Waals surface area contributed by atoms with Crippen LogP contribution in [0.5, 0.6) is 11.5 Å². The van der Waals surface area contributed by atoms with Crippen molar-refractivity contribution < 1.29 is 19.4 Å². The minimum Gasteiger partial charge on any atom is -0.508 e. The maximum absolute atomic E-state index is 11.7. The summed E-state index contributed by atoms with van der Waals surface area (Å²) < 4.78 is 10.4. The number of hydrogen-bond donors (Lipinski definition) is 1. The highest BCUT2D eigenvalue weighted by atomic mass is 16.6. The molecule has 0 amide bonds. The molecule has 5 heteroatoms. The Hall–Kier alpha value is -3.00. The molecule has 0 saturated carbocycles. The summed E-state index contributed by atoms with van der Waals surface area (Å²) in [6.07, 6.45) is 0. The molecule has 0 saturated heterocycles. The number of rotatable bonds is 5. The number of carbonyl (C=O) groups is 1. The Balaban J connectivity index is 1.75. The summed E-state index contributed by atoms with van der Waals surface area (Å²) in [6.45, 7) is 0.329. The van der Waals surface area contributed by atoms with E-state index in [1.165, 1.54) is 24.3 Å². The van der Waals surface area contributed by atoms with Crippen molar-refractivity contribution in [1.29, 1.82) is 5.26 Å². The van der Waals surface area contributed by atoms with E-state index in [4.69, 9.17) is 19.8 Å². The van der Waals surface area contributed by atoms with Crippen LogP contribution in [-0.4, -0.2) is 24.3 Å². The summed E-state index contributed by atoms with van der Waals surface area (Å²) >= 11 is 0. The fraction of sp³-hybridized carbons (Fsp3) is 0.125. The second-order valence-corrected chi connectivity index (χ2v) is 4.17. The van der Waals surface area contributed by atoms with Gasteiger partial charge < -0.3 is 14.6 Å². The van der Waals surface area contributed by atoms with Crippen molar-refractivity contribution in [3.63, 3.8) is 0 Å². The Kier molecular flexibility index (Phi) is 4.78. The fourth-order valence-corrected chi connectivity index (χ4v) is 1.60. The van der Waals surface area contributed by atoms with E-state index in [2.05, 4.69) is 0 Å². The van der Waals surface area contributed by atoms with Gasteiger partial charge in [0.1, 0.15) is 24.7 Å². The fourth-order valence-electron chi connectivity index (χ4n) is 1.60. The number of nitrogens with zero attached hydrogens (tertiary/aromatic N) is 1. The van der Waals surface area contributed by atoms with Gasteiger partial charge in [0.2, 0.25) is 0 Å². The van der Waals surface area contributed by atoms with Gasteiger partial charge in [-0.05, 0) is 48.5 Å². The molecule has 0 heterocycles. The molecule has 2 aromatic rings. The molecule has 0 bridgehead atoms. The van der Waals surface area contributed by atoms with E-state index >= 15 is 0 Å². The Labute approximate surface area is 122 Å². The van der Waals surface area contributed by atoms with E-state index in [0.717, 1.165) is 0 Å². The van der Waals surface area contributed by atoms with Gasteiger partial charge >= 0.3 is 5.97 Å². The predicted octanol–water partition coefficient (Wildman–Crippen LogP) is 2.50. The van der Waals surface area contributed by atoms with Crippen molar-refractivity contribution >= 4 is 5.97 Å². The SMILES string of the molecule is N#Cc1ccc(OCCOC(=O)c2ccc(O)cc2)cc1. The van der Waals surface area contributed by atoms with E-state index in [1.807, 2.05) is 6.07 Å². The molecule has 0 unspecified atom stereocenters. The van der Waals surface area contributed by atoms with Crippen molar-refractivity contribution in [2.75, 3.05) is 13.2 Å². The van der Waals surface area contributed by atoms with Crippen molar-refractivity contribution in [2.24, 2.45) is 0 Å². The molecule has 0 aliphatic rings. The number of phenols is 1. The quantitative estimate of drug-likeness (QED) is 0.673. The third-order valence-electron chi connectivity index (χ3n) is 2.67. The highest BCUT2D eigenvalue weighted by Gasteiger charge is 2.06. The van der Waals surface area contributed by atoms with Crippen LogP contribution in [0.1, 0.15) is 15.9 Å². The number of hydrogen-bond acceptors (Lipinski definition) is 5. The highest BCUT2D eigenvalue weighted by molar-refractivity contribution is 5.89. The third-order valence-corrected chi connectivity index (χ3v) is 2.67. The van der Waals surface area contributed by atoms with Gasteiger partial charge in [0, 0.05) is 0 Å². The third kappa shape index (κ3) is 4.25. The molecule has 0 atom stereocenters. The average Bonchev–Trinajstić information content (AvgIpc) is 2.52. The van der Waals surface area contributed by atoms with Crippen molar-refractivity contribution in [3.05, 3.63) is 59.7 Å². The number of ether oxygens (including phenoxy) is 2. The van der Waals surface area contributed by atoms with Gasteiger partial charge in [-0.1, -0.05) is 0 Å². The normalized spacial score (nSPS) is 9.67. The molecule has 0 fully saturated rings. The summed E-state index contributed by atoms with van der Waals surface area (Å²) in [7, 11) is 0. The van der Waals surface area contributed by atoms with Crippen molar-refractivity contribution in [2.45, 2.75) is 0 Å². The topological polar surface area (TPSA) is 79.5 Å². The van der Waals surface area contributed by atoms with Crippen LogP contribution < -0.4 is 4.74 Å². The zero-order valence-electron chi connectivity index (χ0n) is 11.2. The lowest BCUT2D eigenvalue weighted by atomic mass is 10.2. The van der Waals surface area contributed by atoms with Crippen LogP contribution in [0, 0.1) is 11.3 Å². The number of nitriles is 1. The van der Waals surface area contributed by atoms with Crippen LogP contribution in [0.25, 0.3) is 0 Å². The molecule has 5 nitrogen and oxygen atoms in total. The second-order valence-electron chi connectivity index (χ2n) is 4.17. The monoisotopic (exact) mass is 283 g/mol. The largest absolute Gasteiger partial charge is 0.508 e. The van der Waals surface area contributed by atoms with Gasteiger partial charge in [0.05, 0.1) is 17.2 Å². The number of esters is 1. The van der Waals surface area contributed by atoms with Gasteiger partial charge in [-0.2, -0.15) is 5.26 Å². The van der Waals surface area contributed by atoms with Crippen LogP contribution in [0.2, 0.25) is 0 Å². The molecular formula is C16H13NO4. The molecule has 0 radical (unpaired) electrons. The average molecular weight is 283 g/mol. The molecule has 1 N–H and O–H groups in total. The van der Waals surface area contributed by atoms with Gasteiger partial charge in [0.15, 0.2) is 0 Å². The molecule has 21 heavy (non-hydrogen) atoms. The zero-order valence-corrected chi connectivity index (χ0v) is 11.2. The van der Waals surface area contributed by atoms with Crippen LogP contribution in [0.4, 0.5) is 0 Å². The van der Waals surface area contributed by atoms with E-state index in [1.54, 1.807) is 24.3 Å². The molecule has 2 aromatic carbocycles. The molecule has 0 aliphatic carbocycles. The Morgan fingerprint density at radius 2 is 1.71 bits per heavy atom. The van der Waals surface area contributed by atoms with Crippen LogP contribution in [0.15, 0.2) is 48.5 Å². The van der Waals surface area contributed by atoms with Gasteiger partial charge in [0.25, 0.3) is 0 Å². The summed E-state index contributed by atoms with van der Waals surface area (Å²) in [5.74, 6) is 0.226. The number of aromatic hydroxyl groups is 1. The van der Waals surface area contributed by atoms with E-state index in [-0.39, 0.29) is 19.0 Å². The summed E-state index contributed by atoms with van der Waals surface area (Å²) in [6, 6.07) is 14.5. The standard InChI is InChI=1S/C16H13NO4/c17-11-12-1-7-15(8-2-12)20-9-10-21-16(19)13-3-5-14(18)6-4-13/h1-8,18H,9-10H2. The summed E-state index contributed by atoms with van der Waals surface area (Å²) in [4.78, 5) is 11.7.